The van der Waals surface area contributed by atoms with Crippen LogP contribution in [0.3, 0.4) is 0 Å². The second-order valence-corrected chi connectivity index (χ2v) is 5.15. The van der Waals surface area contributed by atoms with Crippen molar-refractivity contribution < 1.29 is 4.79 Å². The molecule has 1 heterocycles. The third kappa shape index (κ3) is 3.53. The largest absolute Gasteiger partial charge is 0.327 e. The predicted molar refractivity (Wildman–Crippen MR) is 72.2 cm³/mol. The molecule has 1 fully saturated rings. The first-order valence-corrected chi connectivity index (χ1v) is 6.63. The van der Waals surface area contributed by atoms with Gasteiger partial charge in [0.25, 0.3) is 0 Å². The van der Waals surface area contributed by atoms with Gasteiger partial charge < -0.3 is 11.1 Å². The molecule has 1 aliphatic carbocycles. The van der Waals surface area contributed by atoms with Crippen molar-refractivity contribution in [2.75, 3.05) is 5.32 Å². The smallest absolute Gasteiger partial charge is 0.224 e. The molecule has 3 N–H and O–H groups in total. The molecule has 2 atom stereocenters. The van der Waals surface area contributed by atoms with Crippen molar-refractivity contribution in [2.45, 2.75) is 45.1 Å². The molecule has 98 valence electrons. The van der Waals surface area contributed by atoms with Crippen LogP contribution in [0.2, 0.25) is 0 Å². The molecule has 1 saturated carbocycles. The van der Waals surface area contributed by atoms with Gasteiger partial charge in [-0.05, 0) is 37.8 Å². The van der Waals surface area contributed by atoms with E-state index in [2.05, 4.69) is 10.3 Å². The van der Waals surface area contributed by atoms with Crippen LogP contribution in [0.25, 0.3) is 0 Å². The van der Waals surface area contributed by atoms with Crippen LogP contribution in [0.5, 0.6) is 0 Å². The molecule has 0 aliphatic heterocycles. The summed E-state index contributed by atoms with van der Waals surface area (Å²) in [7, 11) is 0. The average molecular weight is 247 g/mol. The number of aryl methyl sites for hydroxylation is 1. The zero-order valence-electron chi connectivity index (χ0n) is 10.9. The van der Waals surface area contributed by atoms with Gasteiger partial charge >= 0.3 is 0 Å². The first kappa shape index (κ1) is 13.0. The Balaban J connectivity index is 1.88. The van der Waals surface area contributed by atoms with Crippen LogP contribution in [0, 0.1) is 12.8 Å². The summed E-state index contributed by atoms with van der Waals surface area (Å²) < 4.78 is 0. The molecule has 4 heteroatoms. The molecular weight excluding hydrogens is 226 g/mol. The number of hydrogen-bond acceptors (Lipinski definition) is 3. The third-order valence-corrected chi connectivity index (χ3v) is 3.60. The Morgan fingerprint density at radius 1 is 1.50 bits per heavy atom. The van der Waals surface area contributed by atoms with E-state index in [4.69, 9.17) is 5.73 Å². The molecule has 2 unspecified atom stereocenters. The zero-order valence-corrected chi connectivity index (χ0v) is 10.9. The Bertz CT molecular complexity index is 419. The highest BCUT2D eigenvalue weighted by Gasteiger charge is 2.24. The minimum atomic E-state index is 0.0583. The predicted octanol–water partition coefficient (Wildman–Crippen LogP) is 2.24. The van der Waals surface area contributed by atoms with Crippen LogP contribution in [0.15, 0.2) is 18.3 Å². The number of nitrogens with one attached hydrogen (secondary N) is 1. The van der Waals surface area contributed by atoms with E-state index in [1.54, 1.807) is 6.20 Å². The Kier molecular flexibility index (Phi) is 4.31. The SMILES string of the molecule is Cc1cc(NC(=O)CC2CCCCC2N)ccn1. The number of aromatic nitrogens is 1. The summed E-state index contributed by atoms with van der Waals surface area (Å²) in [5, 5.41) is 2.92. The van der Waals surface area contributed by atoms with Crippen molar-refractivity contribution in [2.24, 2.45) is 11.7 Å². The van der Waals surface area contributed by atoms with Crippen LogP contribution in [0.4, 0.5) is 5.69 Å². The Morgan fingerprint density at radius 3 is 3.00 bits per heavy atom. The lowest BCUT2D eigenvalue weighted by molar-refractivity contribution is -0.117. The fraction of sp³-hybridized carbons (Fsp3) is 0.571. The lowest BCUT2D eigenvalue weighted by Crippen LogP contribution is -2.35. The van der Waals surface area contributed by atoms with Crippen molar-refractivity contribution in [1.82, 2.24) is 4.98 Å². The quantitative estimate of drug-likeness (QED) is 0.860. The lowest BCUT2D eigenvalue weighted by atomic mass is 9.83. The van der Waals surface area contributed by atoms with E-state index >= 15 is 0 Å². The number of amides is 1. The summed E-state index contributed by atoms with van der Waals surface area (Å²) in [5.41, 5.74) is 7.78. The topological polar surface area (TPSA) is 68.0 Å². The van der Waals surface area contributed by atoms with Gasteiger partial charge in [0.15, 0.2) is 0 Å². The molecule has 1 amide bonds. The average Bonchev–Trinajstić information content (AvgIpc) is 2.32. The molecule has 1 aromatic heterocycles. The molecule has 18 heavy (non-hydrogen) atoms. The molecule has 0 saturated heterocycles. The highest BCUT2D eigenvalue weighted by molar-refractivity contribution is 5.90. The lowest BCUT2D eigenvalue weighted by Gasteiger charge is -2.27. The summed E-state index contributed by atoms with van der Waals surface area (Å²) in [6.45, 7) is 1.91. The Labute approximate surface area is 108 Å². The van der Waals surface area contributed by atoms with Crippen LogP contribution < -0.4 is 11.1 Å². The number of pyridine rings is 1. The van der Waals surface area contributed by atoms with Crippen molar-refractivity contribution in [3.63, 3.8) is 0 Å². The maximum atomic E-state index is 12.0. The van der Waals surface area contributed by atoms with Crippen LogP contribution in [0.1, 0.15) is 37.8 Å². The van der Waals surface area contributed by atoms with Gasteiger partial charge in [-0.2, -0.15) is 0 Å². The number of carbonyl (C=O) groups is 1. The van der Waals surface area contributed by atoms with Crippen molar-refractivity contribution in [3.8, 4) is 0 Å². The van der Waals surface area contributed by atoms with Gasteiger partial charge in [0, 0.05) is 30.0 Å². The van der Waals surface area contributed by atoms with Gasteiger partial charge in [-0.15, -0.1) is 0 Å². The minimum Gasteiger partial charge on any atom is -0.327 e. The van der Waals surface area contributed by atoms with E-state index in [0.29, 0.717) is 12.3 Å². The van der Waals surface area contributed by atoms with E-state index in [9.17, 15) is 4.79 Å². The molecule has 0 aromatic carbocycles. The number of hydrogen-bond donors (Lipinski definition) is 2. The monoisotopic (exact) mass is 247 g/mol. The molecule has 2 rings (SSSR count). The summed E-state index contributed by atoms with van der Waals surface area (Å²) in [6.07, 6.45) is 6.75. The second kappa shape index (κ2) is 5.96. The van der Waals surface area contributed by atoms with E-state index in [1.807, 2.05) is 19.1 Å². The van der Waals surface area contributed by atoms with Crippen LogP contribution >= 0.6 is 0 Å². The third-order valence-electron chi connectivity index (χ3n) is 3.60. The molecule has 0 radical (unpaired) electrons. The molecule has 0 bridgehead atoms. The molecule has 4 nitrogen and oxygen atoms in total. The van der Waals surface area contributed by atoms with Crippen LogP contribution in [-0.2, 0) is 4.79 Å². The summed E-state index contributed by atoms with van der Waals surface area (Å²) in [4.78, 5) is 16.1. The van der Waals surface area contributed by atoms with E-state index in [0.717, 1.165) is 24.2 Å². The fourth-order valence-electron chi connectivity index (χ4n) is 2.56. The van der Waals surface area contributed by atoms with Gasteiger partial charge in [0.05, 0.1) is 0 Å². The molecule has 1 aliphatic rings. The van der Waals surface area contributed by atoms with Gasteiger partial charge in [-0.3, -0.25) is 9.78 Å². The summed E-state index contributed by atoms with van der Waals surface area (Å²) in [5.74, 6) is 0.393. The standard InChI is InChI=1S/C14H21N3O/c1-10-8-12(6-7-16-10)17-14(18)9-11-4-2-3-5-13(11)15/h6-8,11,13H,2-5,9,15H2,1H3,(H,16,17,18). The van der Waals surface area contributed by atoms with E-state index in [-0.39, 0.29) is 11.9 Å². The highest BCUT2D eigenvalue weighted by atomic mass is 16.1. The van der Waals surface area contributed by atoms with Crippen LogP contribution in [-0.4, -0.2) is 16.9 Å². The minimum absolute atomic E-state index is 0.0583. The van der Waals surface area contributed by atoms with Gasteiger partial charge in [-0.25, -0.2) is 0 Å². The van der Waals surface area contributed by atoms with Crippen molar-refractivity contribution in [3.05, 3.63) is 24.0 Å². The maximum Gasteiger partial charge on any atom is 0.224 e. The summed E-state index contributed by atoms with van der Waals surface area (Å²) in [6, 6.07) is 3.87. The Morgan fingerprint density at radius 2 is 2.28 bits per heavy atom. The normalized spacial score (nSPS) is 23.7. The first-order chi connectivity index (χ1) is 8.65. The van der Waals surface area contributed by atoms with Gasteiger partial charge in [0.2, 0.25) is 5.91 Å². The van der Waals surface area contributed by atoms with E-state index in [1.165, 1.54) is 12.8 Å². The number of nitrogens with two attached hydrogens (primary N) is 1. The Hall–Kier alpha value is -1.42. The molecule has 1 aromatic rings. The van der Waals surface area contributed by atoms with Gasteiger partial charge in [-0.1, -0.05) is 12.8 Å². The second-order valence-electron chi connectivity index (χ2n) is 5.15. The first-order valence-electron chi connectivity index (χ1n) is 6.63. The molecule has 0 spiro atoms. The van der Waals surface area contributed by atoms with Gasteiger partial charge in [0.1, 0.15) is 0 Å². The number of rotatable bonds is 3. The van der Waals surface area contributed by atoms with E-state index < -0.39 is 0 Å². The summed E-state index contributed by atoms with van der Waals surface area (Å²) >= 11 is 0. The fourth-order valence-corrected chi connectivity index (χ4v) is 2.56. The van der Waals surface area contributed by atoms with Crippen molar-refractivity contribution in [1.29, 1.82) is 0 Å². The number of nitrogens with zero attached hydrogens (tertiary/aromatic N) is 1. The zero-order chi connectivity index (χ0) is 13.0. The highest BCUT2D eigenvalue weighted by Crippen LogP contribution is 2.26. The van der Waals surface area contributed by atoms with Crippen molar-refractivity contribution >= 4 is 11.6 Å². The molecular formula is C14H21N3O. The maximum absolute atomic E-state index is 12.0. The number of carbonyl (C=O) groups excluding carboxylic acids is 1. The number of anilines is 1.